The molecule has 0 unspecified atom stereocenters. The van der Waals surface area contributed by atoms with Crippen molar-refractivity contribution in [2.45, 2.75) is 24.6 Å². The minimum Gasteiger partial charge on any atom is -0.375 e. The van der Waals surface area contributed by atoms with Gasteiger partial charge in [-0.15, -0.1) is 0 Å². The summed E-state index contributed by atoms with van der Waals surface area (Å²) in [6.45, 7) is 3.62. The van der Waals surface area contributed by atoms with E-state index in [4.69, 9.17) is 5.73 Å². The maximum absolute atomic E-state index is 12.0. The van der Waals surface area contributed by atoms with Crippen molar-refractivity contribution in [3.8, 4) is 0 Å². The van der Waals surface area contributed by atoms with Gasteiger partial charge in [0, 0.05) is 17.8 Å². The van der Waals surface area contributed by atoms with Crippen LogP contribution in [0.5, 0.6) is 0 Å². The lowest BCUT2D eigenvalue weighted by molar-refractivity contribution is 0.582. The van der Waals surface area contributed by atoms with Crippen molar-refractivity contribution in [1.29, 1.82) is 0 Å². The number of nitrogens with two attached hydrogens (primary N) is 1. The summed E-state index contributed by atoms with van der Waals surface area (Å²) in [5, 5.41) is 6.82. The third-order valence-electron chi connectivity index (χ3n) is 2.40. The van der Waals surface area contributed by atoms with Crippen LogP contribution in [-0.4, -0.2) is 23.6 Å². The van der Waals surface area contributed by atoms with E-state index in [0.717, 1.165) is 22.6 Å². The molecule has 2 rings (SSSR count). The first-order valence-electron chi connectivity index (χ1n) is 5.11. The molecule has 0 aromatic carbocycles. The first-order valence-corrected chi connectivity index (χ1v) is 7.41. The fourth-order valence-corrected chi connectivity index (χ4v) is 3.79. The second-order valence-corrected chi connectivity index (χ2v) is 6.76. The molecule has 4 N–H and O–H groups in total. The Morgan fingerprint density at radius 2 is 2.22 bits per heavy atom. The molecule has 98 valence electrons. The third-order valence-corrected chi connectivity index (χ3v) is 5.40. The zero-order valence-electron chi connectivity index (χ0n) is 9.89. The number of rotatable bonds is 4. The van der Waals surface area contributed by atoms with Crippen molar-refractivity contribution < 1.29 is 8.42 Å². The Kier molecular flexibility index (Phi) is 3.37. The molecule has 7 nitrogen and oxygen atoms in total. The van der Waals surface area contributed by atoms with Crippen LogP contribution in [0, 0.1) is 13.8 Å². The van der Waals surface area contributed by atoms with Crippen molar-refractivity contribution in [2.75, 3.05) is 5.73 Å². The maximum atomic E-state index is 12.0. The second kappa shape index (κ2) is 4.67. The molecule has 0 aliphatic rings. The highest BCUT2D eigenvalue weighted by molar-refractivity contribution is 7.91. The summed E-state index contributed by atoms with van der Waals surface area (Å²) in [6.07, 6.45) is 1.59. The molecular weight excluding hydrogens is 274 g/mol. The number of thiazole rings is 1. The van der Waals surface area contributed by atoms with Gasteiger partial charge in [-0.2, -0.15) is 5.10 Å². The Morgan fingerprint density at radius 1 is 1.50 bits per heavy atom. The van der Waals surface area contributed by atoms with Crippen molar-refractivity contribution in [1.82, 2.24) is 19.9 Å². The van der Waals surface area contributed by atoms with E-state index in [9.17, 15) is 8.42 Å². The quantitative estimate of drug-likeness (QED) is 0.759. The molecule has 2 heterocycles. The number of hydrogen-bond acceptors (Lipinski definition) is 6. The Balaban J connectivity index is 2.18. The fourth-order valence-electron chi connectivity index (χ4n) is 1.44. The van der Waals surface area contributed by atoms with E-state index in [1.54, 1.807) is 13.1 Å². The fraction of sp³-hybridized carbons (Fsp3) is 0.333. The molecule has 2 aromatic rings. The van der Waals surface area contributed by atoms with Gasteiger partial charge < -0.3 is 5.73 Å². The number of sulfonamides is 1. The van der Waals surface area contributed by atoms with Crippen molar-refractivity contribution in [2.24, 2.45) is 0 Å². The zero-order chi connectivity index (χ0) is 13.3. The number of nitrogens with one attached hydrogen (secondary N) is 2. The highest BCUT2D eigenvalue weighted by Gasteiger charge is 2.21. The lowest BCUT2D eigenvalue weighted by atomic mass is 10.3. The molecule has 0 radical (unpaired) electrons. The van der Waals surface area contributed by atoms with Crippen molar-refractivity contribution >= 4 is 26.5 Å². The molecule has 0 amide bonds. The second-order valence-electron chi connectivity index (χ2n) is 3.77. The zero-order valence-corrected chi connectivity index (χ0v) is 11.5. The Labute approximate surface area is 108 Å². The van der Waals surface area contributed by atoms with E-state index >= 15 is 0 Å². The molecule has 0 aliphatic carbocycles. The number of aromatic amines is 1. The molecule has 2 aromatic heterocycles. The maximum Gasteiger partial charge on any atom is 0.252 e. The average molecular weight is 287 g/mol. The van der Waals surface area contributed by atoms with Gasteiger partial charge in [-0.25, -0.2) is 18.1 Å². The van der Waals surface area contributed by atoms with E-state index in [0.29, 0.717) is 5.69 Å². The average Bonchev–Trinajstić information content (AvgIpc) is 2.82. The minimum absolute atomic E-state index is 0.154. The van der Waals surface area contributed by atoms with Crippen LogP contribution in [0.3, 0.4) is 0 Å². The van der Waals surface area contributed by atoms with Gasteiger partial charge in [-0.3, -0.25) is 5.10 Å². The number of nitrogen functional groups attached to an aromatic ring is 1. The van der Waals surface area contributed by atoms with Crippen LogP contribution in [-0.2, 0) is 16.6 Å². The summed E-state index contributed by atoms with van der Waals surface area (Å²) in [7, 11) is -3.58. The van der Waals surface area contributed by atoms with E-state index in [1.807, 2.05) is 6.92 Å². The summed E-state index contributed by atoms with van der Waals surface area (Å²) < 4.78 is 26.7. The van der Waals surface area contributed by atoms with Gasteiger partial charge >= 0.3 is 0 Å². The minimum atomic E-state index is -3.58. The topological polar surface area (TPSA) is 114 Å². The summed E-state index contributed by atoms with van der Waals surface area (Å²) in [6, 6.07) is 0. The first kappa shape index (κ1) is 13.0. The van der Waals surface area contributed by atoms with Gasteiger partial charge in [-0.05, 0) is 13.8 Å². The monoisotopic (exact) mass is 287 g/mol. The Bertz CT molecular complexity index is 658. The highest BCUT2D eigenvalue weighted by atomic mass is 32.2. The van der Waals surface area contributed by atoms with Crippen LogP contribution < -0.4 is 10.5 Å². The number of anilines is 1. The summed E-state index contributed by atoms with van der Waals surface area (Å²) in [4.78, 5) is 3.90. The number of aromatic nitrogens is 3. The standard InChI is InChI=1S/C9H13N5O2S2/c1-5-7(3-11-14-5)4-12-18(15,16)8-6(2)13-9(10)17-8/h3,12H,4H2,1-2H3,(H2,10,13)(H,11,14). The van der Waals surface area contributed by atoms with E-state index in [2.05, 4.69) is 19.9 Å². The van der Waals surface area contributed by atoms with Gasteiger partial charge in [0.2, 0.25) is 0 Å². The SMILES string of the molecule is Cc1nc(N)sc1S(=O)(=O)NCc1cn[nH]c1C. The van der Waals surface area contributed by atoms with E-state index in [-0.39, 0.29) is 15.9 Å². The van der Waals surface area contributed by atoms with Crippen molar-refractivity contribution in [3.63, 3.8) is 0 Å². The van der Waals surface area contributed by atoms with Gasteiger partial charge in [0.15, 0.2) is 9.34 Å². The third kappa shape index (κ3) is 2.52. The van der Waals surface area contributed by atoms with Gasteiger partial charge in [0.05, 0.1) is 11.9 Å². The van der Waals surface area contributed by atoms with Crippen LogP contribution >= 0.6 is 11.3 Å². The van der Waals surface area contributed by atoms with Gasteiger partial charge in [-0.1, -0.05) is 11.3 Å². The first-order chi connectivity index (χ1) is 8.40. The van der Waals surface area contributed by atoms with E-state index in [1.165, 1.54) is 0 Å². The molecule has 9 heteroatoms. The lowest BCUT2D eigenvalue weighted by Gasteiger charge is -2.04. The number of hydrogen-bond donors (Lipinski definition) is 3. The van der Waals surface area contributed by atoms with Crippen LogP contribution in [0.1, 0.15) is 17.0 Å². The molecule has 0 atom stereocenters. The molecule has 0 saturated carbocycles. The van der Waals surface area contributed by atoms with Crippen LogP contribution in [0.2, 0.25) is 0 Å². The predicted octanol–water partition coefficient (Wildman–Crippen LogP) is 0.544. The Morgan fingerprint density at radius 3 is 2.72 bits per heavy atom. The number of nitrogens with zero attached hydrogens (tertiary/aromatic N) is 2. The summed E-state index contributed by atoms with van der Waals surface area (Å²) >= 11 is 0.955. The van der Waals surface area contributed by atoms with Gasteiger partial charge in [0.25, 0.3) is 10.0 Å². The predicted molar refractivity (Wildman–Crippen MR) is 68.6 cm³/mol. The van der Waals surface area contributed by atoms with Crippen LogP contribution in [0.4, 0.5) is 5.13 Å². The highest BCUT2D eigenvalue weighted by Crippen LogP contribution is 2.24. The summed E-state index contributed by atoms with van der Waals surface area (Å²) in [5.41, 5.74) is 7.53. The normalized spacial score (nSPS) is 11.9. The number of aryl methyl sites for hydroxylation is 2. The molecule has 0 spiro atoms. The molecule has 18 heavy (non-hydrogen) atoms. The molecular formula is C9H13N5O2S2. The van der Waals surface area contributed by atoms with E-state index < -0.39 is 10.0 Å². The lowest BCUT2D eigenvalue weighted by Crippen LogP contribution is -2.23. The van der Waals surface area contributed by atoms with Crippen LogP contribution in [0.25, 0.3) is 0 Å². The smallest absolute Gasteiger partial charge is 0.252 e. The Hall–Kier alpha value is -1.45. The largest absolute Gasteiger partial charge is 0.375 e. The molecule has 0 saturated heterocycles. The van der Waals surface area contributed by atoms with Crippen LogP contribution in [0.15, 0.2) is 10.4 Å². The molecule has 0 bridgehead atoms. The molecule has 0 fully saturated rings. The number of H-pyrrole nitrogens is 1. The van der Waals surface area contributed by atoms with Crippen molar-refractivity contribution in [3.05, 3.63) is 23.1 Å². The summed E-state index contributed by atoms with van der Waals surface area (Å²) in [5.74, 6) is 0. The van der Waals surface area contributed by atoms with Gasteiger partial charge in [0.1, 0.15) is 0 Å². The molecule has 0 aliphatic heterocycles.